The lowest BCUT2D eigenvalue weighted by atomic mass is 9.70. The van der Waals surface area contributed by atoms with Crippen molar-refractivity contribution < 1.29 is 0 Å². The first-order valence-electron chi connectivity index (χ1n) is 36.3. The highest BCUT2D eigenvalue weighted by atomic mass is 15.1. The van der Waals surface area contributed by atoms with Crippen LogP contribution in [0.3, 0.4) is 0 Å². The number of hydrogen-bond acceptors (Lipinski definition) is 1. The van der Waals surface area contributed by atoms with Gasteiger partial charge in [-0.2, -0.15) is 0 Å². The fraction of sp³-hybridized carbons (Fsp3) is 0.188. The van der Waals surface area contributed by atoms with Gasteiger partial charge in [0.2, 0.25) is 0 Å². The van der Waals surface area contributed by atoms with Gasteiger partial charge in [0.05, 0.1) is 11.0 Å². The summed E-state index contributed by atoms with van der Waals surface area (Å²) in [5, 5.41) is 2.51. The molecule has 1 aliphatic carbocycles. The van der Waals surface area contributed by atoms with E-state index < -0.39 is 0 Å². The largest absolute Gasteiger partial charge is 0.311 e. The van der Waals surface area contributed by atoms with Crippen LogP contribution >= 0.6 is 0 Å². The number of anilines is 3. The Morgan fingerprint density at radius 3 is 1.05 bits per heavy atom. The molecule has 0 spiro atoms. The van der Waals surface area contributed by atoms with Gasteiger partial charge in [-0.3, -0.25) is 0 Å². The molecule has 2 nitrogen and oxygen atoms in total. The normalized spacial score (nSPS) is 12.3. The van der Waals surface area contributed by atoms with Crippen LogP contribution in [0.2, 0.25) is 0 Å². The molecule has 0 saturated heterocycles. The molecule has 13 aromatic carbocycles. The van der Waals surface area contributed by atoms with E-state index >= 15 is 0 Å². The highest BCUT2D eigenvalue weighted by molar-refractivity contribution is 6.10. The number of aromatic nitrogens is 1. The van der Waals surface area contributed by atoms with Crippen molar-refractivity contribution in [1.82, 2.24) is 4.57 Å². The molecular formula is C96H88N2. The van der Waals surface area contributed by atoms with Crippen LogP contribution in [0.25, 0.3) is 117 Å². The average molecular weight is 1270 g/mol. The minimum absolute atomic E-state index is 0.0721. The van der Waals surface area contributed by atoms with Gasteiger partial charge in [-0.1, -0.05) is 321 Å². The molecule has 0 bridgehead atoms. The van der Waals surface area contributed by atoms with Gasteiger partial charge in [0.25, 0.3) is 0 Å². The molecule has 482 valence electrons. The molecule has 0 fully saturated rings. The number of rotatable bonds is 25. The van der Waals surface area contributed by atoms with Crippen molar-refractivity contribution in [2.45, 2.75) is 116 Å². The van der Waals surface area contributed by atoms with Crippen LogP contribution in [-0.4, -0.2) is 4.57 Å². The molecule has 2 heteroatoms. The fourth-order valence-corrected chi connectivity index (χ4v) is 15.9. The number of fused-ring (bicyclic) bond motifs is 6. The van der Waals surface area contributed by atoms with Crippen molar-refractivity contribution in [3.8, 4) is 94.7 Å². The van der Waals surface area contributed by atoms with Gasteiger partial charge in [-0.05, 0) is 204 Å². The molecule has 0 N–H and O–H groups in total. The quantitative estimate of drug-likeness (QED) is 0.0518. The molecule has 1 heterocycles. The zero-order valence-electron chi connectivity index (χ0n) is 57.2. The lowest BCUT2D eigenvalue weighted by Crippen LogP contribution is -2.25. The van der Waals surface area contributed by atoms with Crippen LogP contribution in [0.15, 0.2) is 309 Å². The van der Waals surface area contributed by atoms with E-state index in [1.807, 2.05) is 0 Å². The van der Waals surface area contributed by atoms with Crippen LogP contribution in [0.5, 0.6) is 0 Å². The van der Waals surface area contributed by atoms with Gasteiger partial charge < -0.3 is 9.47 Å². The number of para-hydroxylation sites is 1. The molecule has 14 aromatic rings. The molecule has 0 amide bonds. The van der Waals surface area contributed by atoms with E-state index in [9.17, 15) is 0 Å². The maximum atomic E-state index is 2.64. The van der Waals surface area contributed by atoms with Crippen LogP contribution in [0.4, 0.5) is 17.1 Å². The molecule has 15 rings (SSSR count). The Hall–Kier alpha value is -10.5. The van der Waals surface area contributed by atoms with Crippen LogP contribution in [0.1, 0.15) is 120 Å². The van der Waals surface area contributed by atoms with Crippen LogP contribution < -0.4 is 4.90 Å². The summed E-state index contributed by atoms with van der Waals surface area (Å²) in [6, 6.07) is 116. The van der Waals surface area contributed by atoms with E-state index in [2.05, 4.69) is 340 Å². The lowest BCUT2D eigenvalue weighted by Gasteiger charge is -2.33. The van der Waals surface area contributed by atoms with E-state index in [1.165, 1.54) is 218 Å². The molecule has 0 radical (unpaired) electrons. The summed E-state index contributed by atoms with van der Waals surface area (Å²) < 4.78 is 2.51. The zero-order valence-corrected chi connectivity index (χ0v) is 57.2. The summed E-state index contributed by atoms with van der Waals surface area (Å²) in [6.45, 7) is 6.94. The SMILES string of the molecule is CCCCCCCCC1(CCCCCCCC)c2cc(-c3ccc(-c4ccccc4)cc3)ccc2-c2ccc(-c3cc(C)cc(-n4c5ccccc5c5cc(-c6ccc(-c7ccc(N(c8ccc(-c9ccccc9)cc8)c8ccc(-c9ccccc9)cc8)cc7)cc6)ccc54)c3)cc21. The molecule has 1 aromatic heterocycles. The molecule has 0 aliphatic heterocycles. The highest BCUT2D eigenvalue weighted by Gasteiger charge is 2.43. The lowest BCUT2D eigenvalue weighted by molar-refractivity contribution is 0.398. The van der Waals surface area contributed by atoms with E-state index in [-0.39, 0.29) is 5.41 Å². The maximum absolute atomic E-state index is 2.64. The fourth-order valence-electron chi connectivity index (χ4n) is 15.9. The first kappa shape index (κ1) is 63.5. The third-order valence-corrected chi connectivity index (χ3v) is 21.1. The second kappa shape index (κ2) is 29.0. The Bertz CT molecular complexity index is 4900. The second-order valence-electron chi connectivity index (χ2n) is 27.5. The summed E-state index contributed by atoms with van der Waals surface area (Å²) in [5.41, 5.74) is 31.3. The predicted molar refractivity (Wildman–Crippen MR) is 420 cm³/mol. The van der Waals surface area contributed by atoms with Crippen molar-refractivity contribution in [1.29, 1.82) is 0 Å². The Morgan fingerprint density at radius 1 is 0.265 bits per heavy atom. The van der Waals surface area contributed by atoms with Crippen LogP contribution in [0, 0.1) is 6.92 Å². The molecular weight excluding hydrogens is 1180 g/mol. The summed E-state index contributed by atoms with van der Waals surface area (Å²) in [7, 11) is 0. The zero-order chi connectivity index (χ0) is 66.2. The average Bonchev–Trinajstić information content (AvgIpc) is 1.56. The monoisotopic (exact) mass is 1270 g/mol. The first-order chi connectivity index (χ1) is 48.4. The molecule has 0 saturated carbocycles. The van der Waals surface area contributed by atoms with E-state index in [0.29, 0.717) is 0 Å². The van der Waals surface area contributed by atoms with E-state index in [0.717, 1.165) is 17.1 Å². The molecule has 0 unspecified atom stereocenters. The third kappa shape index (κ3) is 13.1. The van der Waals surface area contributed by atoms with Gasteiger partial charge in [0.15, 0.2) is 0 Å². The molecule has 1 aliphatic rings. The Morgan fingerprint density at radius 2 is 0.602 bits per heavy atom. The minimum Gasteiger partial charge on any atom is -0.311 e. The van der Waals surface area contributed by atoms with Crippen molar-refractivity contribution in [2.75, 3.05) is 4.90 Å². The van der Waals surface area contributed by atoms with E-state index in [1.54, 1.807) is 5.56 Å². The number of aryl methyl sites for hydroxylation is 1. The van der Waals surface area contributed by atoms with Crippen molar-refractivity contribution in [3.63, 3.8) is 0 Å². The summed E-state index contributed by atoms with van der Waals surface area (Å²) in [4.78, 5) is 2.36. The number of hydrogen-bond donors (Lipinski definition) is 0. The number of unbranched alkanes of at least 4 members (excludes halogenated alkanes) is 10. The molecule has 0 atom stereocenters. The second-order valence-corrected chi connectivity index (χ2v) is 27.5. The van der Waals surface area contributed by atoms with Gasteiger partial charge in [-0.15, -0.1) is 0 Å². The minimum atomic E-state index is -0.0721. The standard InChI is InChI=1S/C96H88N2/c1-4-6-8-10-12-25-61-96(62-26-13-11-9-7-5-2)92-67-81(79-41-35-73(36-42-79)70-27-17-14-18-28-70)49-58-88(92)89-59-50-82(68-93(89)96)83-63-69(3)64-87(65-83)98-94-34-24-23-33-90(94)91-66-80(51-60-95(91)98)78-39-37-74(38-40-78)77-47-56-86(57-48-77)97(84-52-43-75(44-53-84)71-29-19-15-20-30-71)85-54-45-76(46-55-85)72-31-21-16-22-32-72/h14-24,27-60,63-68H,4-13,25-26,61-62H2,1-3H3. The van der Waals surface area contributed by atoms with Gasteiger partial charge in [-0.25, -0.2) is 0 Å². The number of benzene rings is 13. The topological polar surface area (TPSA) is 8.17 Å². The van der Waals surface area contributed by atoms with Crippen molar-refractivity contribution in [2.24, 2.45) is 0 Å². The summed E-state index contributed by atoms with van der Waals surface area (Å²) >= 11 is 0. The molecule has 98 heavy (non-hydrogen) atoms. The first-order valence-corrected chi connectivity index (χ1v) is 36.3. The van der Waals surface area contributed by atoms with E-state index in [4.69, 9.17) is 0 Å². The highest BCUT2D eigenvalue weighted by Crippen LogP contribution is 2.56. The summed E-state index contributed by atoms with van der Waals surface area (Å²) in [5.74, 6) is 0. The van der Waals surface area contributed by atoms with Gasteiger partial charge >= 0.3 is 0 Å². The third-order valence-electron chi connectivity index (χ3n) is 21.1. The number of nitrogens with zero attached hydrogens (tertiary/aromatic N) is 2. The Kier molecular flexibility index (Phi) is 18.8. The summed E-state index contributed by atoms with van der Waals surface area (Å²) in [6.07, 6.45) is 17.9. The Labute approximate surface area is 581 Å². The predicted octanol–water partition coefficient (Wildman–Crippen LogP) is 28.0. The van der Waals surface area contributed by atoms with Crippen molar-refractivity contribution in [3.05, 3.63) is 326 Å². The van der Waals surface area contributed by atoms with Crippen LogP contribution in [-0.2, 0) is 5.41 Å². The van der Waals surface area contributed by atoms with Gasteiger partial charge in [0.1, 0.15) is 0 Å². The smallest absolute Gasteiger partial charge is 0.0541 e. The Balaban J connectivity index is 0.733. The maximum Gasteiger partial charge on any atom is 0.0541 e. The van der Waals surface area contributed by atoms with Gasteiger partial charge in [0, 0.05) is 38.9 Å². The van der Waals surface area contributed by atoms with Crippen molar-refractivity contribution >= 4 is 38.9 Å².